The highest BCUT2D eigenvalue weighted by molar-refractivity contribution is 6.04. The Balaban J connectivity index is 2.22. The summed E-state index contributed by atoms with van der Waals surface area (Å²) in [6, 6.07) is 4.94. The molecule has 2 aromatic rings. The SMILES string of the molecule is COCC(C)(C)NC(=O)C(F)(F)c1cc(C(=O)Nc2ccc(F)c(C)c2)cn1C. The minimum atomic E-state index is -3.87. The number of carbonyl (C=O) groups excluding carboxylic acids is 2. The van der Waals surface area contributed by atoms with Crippen molar-refractivity contribution in [3.8, 4) is 0 Å². The fourth-order valence-electron chi connectivity index (χ4n) is 2.83. The Morgan fingerprint density at radius 3 is 2.45 bits per heavy atom. The summed E-state index contributed by atoms with van der Waals surface area (Å²) in [6.45, 7) is 4.70. The predicted octanol–water partition coefficient (Wildman–Crippen LogP) is 3.36. The number of aromatic nitrogens is 1. The van der Waals surface area contributed by atoms with Gasteiger partial charge in [0, 0.05) is 26.0 Å². The number of hydrogen-bond acceptors (Lipinski definition) is 3. The summed E-state index contributed by atoms with van der Waals surface area (Å²) in [5.41, 5.74) is -1.04. The van der Waals surface area contributed by atoms with Crippen LogP contribution in [-0.2, 0) is 22.5 Å². The third-order valence-electron chi connectivity index (χ3n) is 4.25. The van der Waals surface area contributed by atoms with Gasteiger partial charge in [-0.05, 0) is 50.6 Å². The zero-order valence-corrected chi connectivity index (χ0v) is 16.9. The van der Waals surface area contributed by atoms with E-state index >= 15 is 0 Å². The van der Waals surface area contributed by atoms with Crippen molar-refractivity contribution in [1.82, 2.24) is 9.88 Å². The molecule has 1 aromatic heterocycles. The average Bonchev–Trinajstić information content (AvgIpc) is 3.00. The number of halogens is 3. The van der Waals surface area contributed by atoms with Gasteiger partial charge >= 0.3 is 5.92 Å². The summed E-state index contributed by atoms with van der Waals surface area (Å²) in [6.07, 6.45) is 1.20. The van der Waals surface area contributed by atoms with Gasteiger partial charge in [-0.1, -0.05) is 0 Å². The molecule has 0 aliphatic rings. The van der Waals surface area contributed by atoms with Crippen LogP contribution in [0.5, 0.6) is 0 Å². The minimum absolute atomic E-state index is 0.0483. The van der Waals surface area contributed by atoms with Crippen molar-refractivity contribution < 1.29 is 27.5 Å². The molecule has 0 saturated carbocycles. The number of nitrogens with zero attached hydrogens (tertiary/aromatic N) is 1. The number of amides is 2. The maximum absolute atomic E-state index is 14.7. The number of carbonyl (C=O) groups is 2. The number of rotatable bonds is 7. The largest absolute Gasteiger partial charge is 0.382 e. The molecule has 0 atom stereocenters. The number of alkyl halides is 2. The Morgan fingerprint density at radius 1 is 1.21 bits per heavy atom. The molecule has 0 aliphatic heterocycles. The van der Waals surface area contributed by atoms with Crippen molar-refractivity contribution in [3.63, 3.8) is 0 Å². The lowest BCUT2D eigenvalue weighted by Gasteiger charge is -2.28. The van der Waals surface area contributed by atoms with Crippen LogP contribution in [0.2, 0.25) is 0 Å². The van der Waals surface area contributed by atoms with Gasteiger partial charge in [-0.25, -0.2) is 4.39 Å². The first kappa shape index (κ1) is 22.5. The van der Waals surface area contributed by atoms with Crippen molar-refractivity contribution in [2.75, 3.05) is 19.0 Å². The Hall–Kier alpha value is -2.81. The second kappa shape index (κ2) is 8.28. The summed E-state index contributed by atoms with van der Waals surface area (Å²) in [7, 11) is 2.71. The highest BCUT2D eigenvalue weighted by Gasteiger charge is 2.45. The molecule has 2 N–H and O–H groups in total. The first-order valence-corrected chi connectivity index (χ1v) is 8.81. The fourth-order valence-corrected chi connectivity index (χ4v) is 2.83. The Morgan fingerprint density at radius 2 is 1.86 bits per heavy atom. The topological polar surface area (TPSA) is 72.4 Å². The van der Waals surface area contributed by atoms with E-state index in [2.05, 4.69) is 10.6 Å². The molecule has 0 saturated heterocycles. The molecular weight excluding hydrogens is 387 g/mol. The predicted molar refractivity (Wildman–Crippen MR) is 102 cm³/mol. The molecule has 1 aromatic carbocycles. The third kappa shape index (κ3) is 5.17. The van der Waals surface area contributed by atoms with Crippen LogP contribution in [0.1, 0.15) is 35.5 Å². The second-order valence-electron chi connectivity index (χ2n) is 7.49. The van der Waals surface area contributed by atoms with Gasteiger partial charge in [-0.15, -0.1) is 0 Å². The third-order valence-corrected chi connectivity index (χ3v) is 4.25. The molecule has 158 valence electrons. The second-order valence-corrected chi connectivity index (χ2v) is 7.49. The molecule has 0 bridgehead atoms. The van der Waals surface area contributed by atoms with Crippen molar-refractivity contribution in [3.05, 3.63) is 53.1 Å². The van der Waals surface area contributed by atoms with Crippen molar-refractivity contribution in [2.24, 2.45) is 7.05 Å². The van der Waals surface area contributed by atoms with Crippen LogP contribution in [0.15, 0.2) is 30.5 Å². The highest BCUT2D eigenvalue weighted by atomic mass is 19.3. The van der Waals surface area contributed by atoms with E-state index in [1.165, 1.54) is 45.5 Å². The van der Waals surface area contributed by atoms with E-state index in [4.69, 9.17) is 4.74 Å². The van der Waals surface area contributed by atoms with Crippen LogP contribution in [0.4, 0.5) is 18.9 Å². The standard InChI is InChI=1S/C20H24F3N3O3/c1-12-8-14(6-7-15(12)21)24-17(27)13-9-16(26(4)10-13)20(22,23)18(28)25-19(2,3)11-29-5/h6-10H,11H2,1-5H3,(H,24,27)(H,25,28). The van der Waals surface area contributed by atoms with Gasteiger partial charge < -0.3 is 19.9 Å². The maximum atomic E-state index is 14.7. The van der Waals surface area contributed by atoms with E-state index in [9.17, 15) is 22.8 Å². The van der Waals surface area contributed by atoms with Crippen LogP contribution in [0, 0.1) is 12.7 Å². The van der Waals surface area contributed by atoms with Crippen LogP contribution in [-0.4, -0.2) is 35.6 Å². The van der Waals surface area contributed by atoms with Crippen LogP contribution >= 0.6 is 0 Å². The molecule has 0 fully saturated rings. The van der Waals surface area contributed by atoms with Gasteiger partial charge in [-0.3, -0.25) is 9.59 Å². The smallest absolute Gasteiger partial charge is 0.364 e. The van der Waals surface area contributed by atoms with Gasteiger partial charge in [0.2, 0.25) is 0 Å². The zero-order valence-electron chi connectivity index (χ0n) is 16.9. The molecule has 1 heterocycles. The quantitative estimate of drug-likeness (QED) is 0.734. The number of aryl methyl sites for hydroxylation is 2. The number of hydrogen-bond donors (Lipinski definition) is 2. The van der Waals surface area contributed by atoms with Crippen LogP contribution in [0.3, 0.4) is 0 Å². The lowest BCUT2D eigenvalue weighted by Crippen LogP contribution is -2.52. The van der Waals surface area contributed by atoms with E-state index in [0.717, 1.165) is 10.6 Å². The van der Waals surface area contributed by atoms with Crippen molar-refractivity contribution in [2.45, 2.75) is 32.2 Å². The molecule has 0 unspecified atom stereocenters. The Labute approximate surface area is 167 Å². The summed E-state index contributed by atoms with van der Waals surface area (Å²) in [5, 5.41) is 4.77. The van der Waals surface area contributed by atoms with E-state index < -0.39 is 34.8 Å². The van der Waals surface area contributed by atoms with Crippen LogP contribution in [0.25, 0.3) is 0 Å². The molecule has 0 spiro atoms. The van der Waals surface area contributed by atoms with Crippen molar-refractivity contribution in [1.29, 1.82) is 0 Å². The van der Waals surface area contributed by atoms with E-state index in [1.54, 1.807) is 13.8 Å². The lowest BCUT2D eigenvalue weighted by molar-refractivity contribution is -0.150. The molecule has 6 nitrogen and oxygen atoms in total. The first-order valence-electron chi connectivity index (χ1n) is 8.81. The first-order chi connectivity index (χ1) is 13.4. The van der Waals surface area contributed by atoms with E-state index in [1.807, 2.05) is 0 Å². The fraction of sp³-hybridized carbons (Fsp3) is 0.400. The Kier molecular flexibility index (Phi) is 6.42. The highest BCUT2D eigenvalue weighted by Crippen LogP contribution is 2.30. The molecule has 9 heteroatoms. The number of methoxy groups -OCH3 is 1. The van der Waals surface area contributed by atoms with Gasteiger partial charge in [0.15, 0.2) is 0 Å². The molecule has 2 rings (SSSR count). The monoisotopic (exact) mass is 411 g/mol. The molecule has 29 heavy (non-hydrogen) atoms. The molecule has 0 radical (unpaired) electrons. The zero-order chi connectivity index (χ0) is 22.0. The minimum Gasteiger partial charge on any atom is -0.382 e. The molecular formula is C20H24F3N3O3. The summed E-state index contributed by atoms with van der Waals surface area (Å²) in [5.74, 6) is -6.45. The number of benzene rings is 1. The summed E-state index contributed by atoms with van der Waals surface area (Å²) in [4.78, 5) is 24.6. The summed E-state index contributed by atoms with van der Waals surface area (Å²) < 4.78 is 48.8. The van der Waals surface area contributed by atoms with Crippen molar-refractivity contribution >= 4 is 17.5 Å². The molecule has 2 amide bonds. The van der Waals surface area contributed by atoms with Gasteiger partial charge in [0.25, 0.3) is 11.8 Å². The normalized spacial score (nSPS) is 12.0. The van der Waals surface area contributed by atoms with Crippen LogP contribution < -0.4 is 10.6 Å². The summed E-state index contributed by atoms with van der Waals surface area (Å²) >= 11 is 0. The maximum Gasteiger partial charge on any atom is 0.364 e. The average molecular weight is 411 g/mol. The van der Waals surface area contributed by atoms with E-state index in [-0.39, 0.29) is 12.2 Å². The molecule has 0 aliphatic carbocycles. The lowest BCUT2D eigenvalue weighted by atomic mass is 10.1. The Bertz CT molecular complexity index is 923. The van der Waals surface area contributed by atoms with E-state index in [0.29, 0.717) is 11.3 Å². The number of ether oxygens (including phenoxy) is 1. The van der Waals surface area contributed by atoms with Gasteiger partial charge in [0.05, 0.1) is 23.4 Å². The van der Waals surface area contributed by atoms with Gasteiger partial charge in [0.1, 0.15) is 5.82 Å². The van der Waals surface area contributed by atoms with Gasteiger partial charge in [-0.2, -0.15) is 8.78 Å². The number of nitrogens with one attached hydrogen (secondary N) is 2. The number of anilines is 1.